The Morgan fingerprint density at radius 2 is 1.88 bits per heavy atom. The molecule has 0 aliphatic heterocycles. The minimum Gasteiger partial charge on any atom is -0.488 e. The summed E-state index contributed by atoms with van der Waals surface area (Å²) in [5, 5.41) is 15.7. The van der Waals surface area contributed by atoms with Crippen LogP contribution in [0.1, 0.15) is 16.7 Å². The molecule has 0 aliphatic carbocycles. The van der Waals surface area contributed by atoms with Crippen molar-refractivity contribution in [2.45, 2.75) is 6.61 Å². The van der Waals surface area contributed by atoms with Gasteiger partial charge in [-0.2, -0.15) is 15.0 Å². The Kier molecular flexibility index (Phi) is 7.07. The highest BCUT2D eigenvalue weighted by Gasteiger charge is 2.17. The van der Waals surface area contributed by atoms with Crippen LogP contribution in [0.25, 0.3) is 33.5 Å². The third kappa shape index (κ3) is 5.09. The van der Waals surface area contributed by atoms with E-state index >= 15 is 0 Å². The molecule has 0 saturated heterocycles. The molecule has 0 unspecified atom stereocenters. The summed E-state index contributed by atoms with van der Waals surface area (Å²) in [4.78, 5) is 18.2. The van der Waals surface area contributed by atoms with Crippen LogP contribution < -0.4 is 10.3 Å². The van der Waals surface area contributed by atoms with Crippen LogP contribution in [0.15, 0.2) is 105 Å². The second-order valence-corrected chi connectivity index (χ2v) is 10.5. The van der Waals surface area contributed by atoms with Gasteiger partial charge in [0.2, 0.25) is 5.82 Å². The van der Waals surface area contributed by atoms with Crippen molar-refractivity contribution >= 4 is 62.3 Å². The minimum atomic E-state index is -0.318. The van der Waals surface area contributed by atoms with Gasteiger partial charge in [0.1, 0.15) is 17.9 Å². The molecule has 0 radical (unpaired) electrons. The third-order valence-electron chi connectivity index (χ3n) is 6.25. The molecule has 2 aromatic heterocycles. The van der Waals surface area contributed by atoms with Gasteiger partial charge in [-0.15, -0.1) is 0 Å². The number of hydrogen-bond donors (Lipinski definition) is 0. The van der Waals surface area contributed by atoms with Crippen molar-refractivity contribution in [1.29, 1.82) is 5.26 Å². The third-order valence-corrected chi connectivity index (χ3v) is 7.33. The molecule has 0 N–H and O–H groups in total. The van der Waals surface area contributed by atoms with E-state index in [1.807, 2.05) is 42.5 Å². The van der Waals surface area contributed by atoms with Gasteiger partial charge in [0.25, 0.3) is 5.56 Å². The van der Waals surface area contributed by atoms with Gasteiger partial charge < -0.3 is 9.15 Å². The normalized spacial score (nSPS) is 11.3. The number of rotatable bonds is 6. The average molecular weight is 657 g/mol. The number of nitriles is 1. The van der Waals surface area contributed by atoms with E-state index < -0.39 is 0 Å². The zero-order valence-corrected chi connectivity index (χ0v) is 23.6. The van der Waals surface area contributed by atoms with E-state index in [-0.39, 0.29) is 18.0 Å². The molecule has 4 aromatic carbocycles. The first-order valence-corrected chi connectivity index (χ1v) is 13.6. The lowest BCUT2D eigenvalue weighted by Gasteiger charge is -2.10. The van der Waals surface area contributed by atoms with E-state index in [2.05, 4.69) is 33.8 Å². The number of benzene rings is 4. The number of nitrogens with zero attached hydrogens (tertiary/aromatic N) is 4. The van der Waals surface area contributed by atoms with Crippen molar-refractivity contribution in [1.82, 2.24) is 9.66 Å². The van der Waals surface area contributed by atoms with Crippen LogP contribution in [0.3, 0.4) is 0 Å². The number of furan rings is 1. The second-order valence-electron chi connectivity index (χ2n) is 8.85. The number of hydrogen-bond acceptors (Lipinski definition) is 6. The molecule has 6 rings (SSSR count). The predicted octanol–water partition coefficient (Wildman–Crippen LogP) is 7.40. The minimum absolute atomic E-state index is 0.275. The first-order chi connectivity index (χ1) is 19.5. The summed E-state index contributed by atoms with van der Waals surface area (Å²) in [6.07, 6.45) is 1.60. The molecule has 9 heteroatoms. The Labute approximate surface area is 247 Å². The first kappa shape index (κ1) is 25.8. The largest absolute Gasteiger partial charge is 0.488 e. The van der Waals surface area contributed by atoms with Gasteiger partial charge >= 0.3 is 0 Å². The van der Waals surface area contributed by atoms with Crippen molar-refractivity contribution < 1.29 is 9.15 Å². The second kappa shape index (κ2) is 11.0. The van der Waals surface area contributed by atoms with Crippen LogP contribution in [-0.2, 0) is 6.61 Å². The molecule has 0 aliphatic rings. The Morgan fingerprint density at radius 1 is 1.05 bits per heavy atom. The highest BCUT2D eigenvalue weighted by Crippen LogP contribution is 2.29. The maximum Gasteiger partial charge on any atom is 0.282 e. The molecular formula is C31H18ClIN4O3. The van der Waals surface area contributed by atoms with Gasteiger partial charge in [0.15, 0.2) is 5.76 Å². The zero-order valence-electron chi connectivity index (χ0n) is 20.7. The Hall–Kier alpha value is -4.46. The summed E-state index contributed by atoms with van der Waals surface area (Å²) in [5.74, 6) is 1.35. The van der Waals surface area contributed by atoms with E-state index in [4.69, 9.17) is 25.7 Å². The van der Waals surface area contributed by atoms with Crippen LogP contribution >= 0.6 is 34.2 Å². The van der Waals surface area contributed by atoms with Gasteiger partial charge in [-0.25, -0.2) is 4.98 Å². The number of para-hydroxylation sites is 1. The summed E-state index contributed by atoms with van der Waals surface area (Å²) >= 11 is 8.34. The number of fused-ring (bicyclic) bond motifs is 2. The Balaban J connectivity index is 1.35. The summed E-state index contributed by atoms with van der Waals surface area (Å²) in [5.41, 5.74) is 3.01. The standard InChI is InChI=1S/C31H18ClIN4O3/c32-23-10-12-27-22(14-23)15-29(40-27)30-36-26-8-4-3-7-24(26)31(38)37(30)35-17-19-9-11-28(25(33)13-19)39-18-21-6-2-1-5-20(21)16-34/h1-15,17H,18H2. The molecule has 6 aromatic rings. The fourth-order valence-corrected chi connectivity index (χ4v) is 5.14. The first-order valence-electron chi connectivity index (χ1n) is 12.2. The lowest BCUT2D eigenvalue weighted by Crippen LogP contribution is -2.20. The van der Waals surface area contributed by atoms with Crippen LogP contribution in [-0.4, -0.2) is 15.9 Å². The average Bonchev–Trinajstić information content (AvgIpc) is 3.39. The molecule has 7 nitrogen and oxygen atoms in total. The van der Waals surface area contributed by atoms with Gasteiger partial charge in [0.05, 0.1) is 32.3 Å². The van der Waals surface area contributed by atoms with E-state index in [0.29, 0.717) is 38.6 Å². The molecule has 0 amide bonds. The molecular weight excluding hydrogens is 639 g/mol. The van der Waals surface area contributed by atoms with Crippen LogP contribution in [0.2, 0.25) is 5.02 Å². The monoisotopic (exact) mass is 656 g/mol. The highest BCUT2D eigenvalue weighted by molar-refractivity contribution is 14.1. The van der Waals surface area contributed by atoms with Crippen LogP contribution in [0, 0.1) is 14.9 Å². The van der Waals surface area contributed by atoms with Crippen molar-refractivity contribution in [2.24, 2.45) is 5.10 Å². The zero-order chi connectivity index (χ0) is 27.6. The molecule has 194 valence electrons. The summed E-state index contributed by atoms with van der Waals surface area (Å²) in [6, 6.07) is 29.3. The van der Waals surface area contributed by atoms with Crippen molar-refractivity contribution in [3.8, 4) is 23.4 Å². The maximum atomic E-state index is 13.5. The summed E-state index contributed by atoms with van der Waals surface area (Å²) in [6.45, 7) is 0.275. The van der Waals surface area contributed by atoms with Gasteiger partial charge in [-0.1, -0.05) is 41.9 Å². The molecule has 40 heavy (non-hydrogen) atoms. The van der Waals surface area contributed by atoms with E-state index in [1.54, 1.807) is 54.7 Å². The maximum absolute atomic E-state index is 13.5. The lowest BCUT2D eigenvalue weighted by atomic mass is 10.1. The predicted molar refractivity (Wildman–Crippen MR) is 164 cm³/mol. The van der Waals surface area contributed by atoms with Gasteiger partial charge in [0, 0.05) is 16.0 Å². The Morgan fingerprint density at radius 3 is 2.73 bits per heavy atom. The summed E-state index contributed by atoms with van der Waals surface area (Å²) < 4.78 is 14.1. The fraction of sp³-hybridized carbons (Fsp3) is 0.0323. The fourth-order valence-electron chi connectivity index (χ4n) is 4.26. The van der Waals surface area contributed by atoms with E-state index in [9.17, 15) is 10.1 Å². The Bertz CT molecular complexity index is 2040. The topological polar surface area (TPSA) is 93.4 Å². The van der Waals surface area contributed by atoms with Gasteiger partial charge in [-0.05, 0) is 88.8 Å². The van der Waals surface area contributed by atoms with Crippen LogP contribution in [0.4, 0.5) is 0 Å². The molecule has 0 atom stereocenters. The SMILES string of the molecule is N#Cc1ccccc1COc1ccc(C=Nn2c(-c3cc4cc(Cl)ccc4o3)nc3ccccc3c2=O)cc1I. The van der Waals surface area contributed by atoms with Gasteiger partial charge in [-0.3, -0.25) is 4.79 Å². The number of aromatic nitrogens is 2. The van der Waals surface area contributed by atoms with Crippen molar-refractivity contribution in [2.75, 3.05) is 0 Å². The molecule has 0 bridgehead atoms. The molecule has 0 spiro atoms. The van der Waals surface area contributed by atoms with Crippen molar-refractivity contribution in [3.05, 3.63) is 127 Å². The summed E-state index contributed by atoms with van der Waals surface area (Å²) in [7, 11) is 0. The molecule has 0 fully saturated rings. The number of ether oxygens (including phenoxy) is 1. The highest BCUT2D eigenvalue weighted by atomic mass is 127. The quantitative estimate of drug-likeness (QED) is 0.138. The van der Waals surface area contributed by atoms with Crippen LogP contribution in [0.5, 0.6) is 5.75 Å². The van der Waals surface area contributed by atoms with E-state index in [1.165, 1.54) is 4.68 Å². The lowest BCUT2D eigenvalue weighted by molar-refractivity contribution is 0.303. The van der Waals surface area contributed by atoms with E-state index in [0.717, 1.165) is 20.1 Å². The molecule has 2 heterocycles. The molecule has 0 saturated carbocycles. The smallest absolute Gasteiger partial charge is 0.282 e. The number of halogens is 2. The van der Waals surface area contributed by atoms with Crippen molar-refractivity contribution in [3.63, 3.8) is 0 Å².